The molecule has 0 aliphatic rings. The van der Waals surface area contributed by atoms with Gasteiger partial charge in [-0.1, -0.05) is 0 Å². The predicted molar refractivity (Wildman–Crippen MR) is 203 cm³/mol. The standard InChI is InChI=1S/C29H37N9O14S2.2Ca.4H/c1-15(26(42)51-53(45,46)11-9-30)49-21(39)8-7-20(28(44)50-16(2)27(43)52-54(47,48)12-10-31)36-24(40)17-3-5-18(6-4-17)33-13-19-14-34-23-22(35-19)25(41)38-29(32)37-23;;;;;;/h3-6,14-16,20,33H,7-13,30-31H2,1-2H3,(H,36,40)(H3,32,34,37,38,41);;;;;;/t15?,16?,20-;;;;;;/m0....../s1. The summed E-state index contributed by atoms with van der Waals surface area (Å²) in [6.45, 7) is 1.43. The van der Waals surface area contributed by atoms with Crippen molar-refractivity contribution in [2.75, 3.05) is 35.6 Å². The number of nitrogen functional groups attached to an aromatic ring is 1. The van der Waals surface area contributed by atoms with Crippen molar-refractivity contribution < 1.29 is 58.6 Å². The molecule has 0 saturated heterocycles. The maximum absolute atomic E-state index is 13.2. The molecule has 23 nitrogen and oxygen atoms in total. The first-order valence-corrected chi connectivity index (χ1v) is 18.9. The Bertz CT molecular complexity index is 2160. The number of ether oxygens (including phenoxy) is 2. The first-order chi connectivity index (χ1) is 25.3. The molecule has 0 bridgehead atoms. The number of benzene rings is 1. The number of fused-ring (bicyclic) bond motifs is 1. The Morgan fingerprint density at radius 1 is 0.839 bits per heavy atom. The molecule has 0 aliphatic heterocycles. The second kappa shape index (κ2) is 23.2. The Kier molecular flexibility index (Phi) is 21.0. The van der Waals surface area contributed by atoms with Gasteiger partial charge in [0, 0.05) is 30.8 Å². The molecule has 0 spiro atoms. The van der Waals surface area contributed by atoms with Crippen molar-refractivity contribution in [3.63, 3.8) is 0 Å². The van der Waals surface area contributed by atoms with Crippen LogP contribution in [0.15, 0.2) is 35.3 Å². The zero-order chi connectivity index (χ0) is 40.2. The molecular weight excluding hydrogens is 843 g/mol. The summed E-state index contributed by atoms with van der Waals surface area (Å²) in [6, 6.07) is 4.07. The van der Waals surface area contributed by atoms with E-state index in [1.54, 1.807) is 0 Å². The summed E-state index contributed by atoms with van der Waals surface area (Å²) in [4.78, 5) is 89.8. The molecule has 0 radical (unpaired) electrons. The molecular formula is C29H41Ca2N9O14S2. The second-order valence-corrected chi connectivity index (χ2v) is 14.5. The minimum absolute atomic E-state index is 0. The third-order valence-corrected chi connectivity index (χ3v) is 9.07. The van der Waals surface area contributed by atoms with E-state index in [4.69, 9.17) is 26.7 Å². The molecule has 27 heteroatoms. The molecule has 0 fully saturated rings. The number of carbonyl (C=O) groups excluding carboxylic acids is 5. The molecule has 1 aromatic carbocycles. The molecule has 0 saturated carbocycles. The number of anilines is 2. The monoisotopic (exact) mass is 883 g/mol. The van der Waals surface area contributed by atoms with E-state index in [1.165, 1.54) is 30.5 Å². The molecule has 3 rings (SSSR count). The average Bonchev–Trinajstić information content (AvgIpc) is 3.08. The van der Waals surface area contributed by atoms with Crippen molar-refractivity contribution in [2.45, 2.75) is 51.5 Å². The number of nitrogens with zero attached hydrogens (tertiary/aromatic N) is 3. The fourth-order valence-corrected chi connectivity index (χ4v) is 5.63. The number of carbonyl (C=O) groups is 5. The fourth-order valence-electron chi connectivity index (χ4n) is 4.11. The van der Waals surface area contributed by atoms with Crippen molar-refractivity contribution >= 4 is 148 Å². The van der Waals surface area contributed by atoms with Gasteiger partial charge in [0.15, 0.2) is 23.4 Å². The van der Waals surface area contributed by atoms with Crippen molar-refractivity contribution in [2.24, 2.45) is 11.5 Å². The minimum atomic E-state index is -4.39. The van der Waals surface area contributed by atoms with Crippen LogP contribution in [0, 0.1) is 0 Å². The van der Waals surface area contributed by atoms with Crippen molar-refractivity contribution in [3.8, 4) is 0 Å². The Hall–Kier alpha value is -3.27. The van der Waals surface area contributed by atoms with E-state index < -0.39 is 98.2 Å². The molecule has 2 heterocycles. The van der Waals surface area contributed by atoms with Crippen LogP contribution in [-0.2, 0) is 63.8 Å². The van der Waals surface area contributed by atoms with Crippen molar-refractivity contribution in [3.05, 3.63) is 52.1 Å². The summed E-state index contributed by atoms with van der Waals surface area (Å²) in [6.07, 6.45) is -3.29. The number of amides is 1. The Balaban J connectivity index is 0.00000784. The zero-order valence-electron chi connectivity index (χ0n) is 28.7. The van der Waals surface area contributed by atoms with Crippen LogP contribution in [-0.4, -0.2) is 185 Å². The number of nitrogens with one attached hydrogen (secondary N) is 3. The number of rotatable bonds is 19. The molecule has 1 amide bonds. The summed E-state index contributed by atoms with van der Waals surface area (Å²) in [5, 5.41) is 5.38. The van der Waals surface area contributed by atoms with Gasteiger partial charge in [0.1, 0.15) is 6.04 Å². The van der Waals surface area contributed by atoms with Crippen LogP contribution in [0.1, 0.15) is 42.7 Å². The van der Waals surface area contributed by atoms with Gasteiger partial charge in [-0.3, -0.25) is 14.4 Å². The van der Waals surface area contributed by atoms with Crippen LogP contribution in [0.5, 0.6) is 0 Å². The van der Waals surface area contributed by atoms with E-state index in [0.29, 0.717) is 11.4 Å². The van der Waals surface area contributed by atoms with Crippen LogP contribution in [0.3, 0.4) is 0 Å². The van der Waals surface area contributed by atoms with Gasteiger partial charge >= 0.3 is 125 Å². The molecule has 0 aliphatic carbocycles. The Morgan fingerprint density at radius 3 is 1.95 bits per heavy atom. The van der Waals surface area contributed by atoms with Crippen LogP contribution in [0.2, 0.25) is 0 Å². The van der Waals surface area contributed by atoms with E-state index in [-0.39, 0.29) is 118 Å². The first-order valence-electron chi connectivity index (χ1n) is 15.7. The quantitative estimate of drug-likeness (QED) is 0.0375. The van der Waals surface area contributed by atoms with Crippen molar-refractivity contribution in [1.29, 1.82) is 0 Å². The van der Waals surface area contributed by atoms with Crippen LogP contribution < -0.4 is 33.4 Å². The molecule has 302 valence electrons. The maximum atomic E-state index is 13.2. The average molecular weight is 884 g/mol. The number of aromatic nitrogens is 4. The number of hydrogen-bond acceptors (Lipinski definition) is 21. The van der Waals surface area contributed by atoms with Gasteiger partial charge in [0.2, 0.25) is 5.95 Å². The summed E-state index contributed by atoms with van der Waals surface area (Å²) >= 11 is 0. The molecule has 3 aromatic rings. The SMILES string of the molecule is CC(OC(=O)CC[C@H](NC(=O)c1ccc(NCc2cnc3[nH]c(N)nc(=O)c3n2)cc1)C(=O)OC(C)C(=O)OS(=O)(=O)CCN)C(=O)OS(=O)(=O)CCN.[CaH2].[CaH2]. The van der Waals surface area contributed by atoms with E-state index in [2.05, 4.69) is 38.9 Å². The first kappa shape index (κ1) is 50.7. The summed E-state index contributed by atoms with van der Waals surface area (Å²) in [5.41, 5.74) is 16.2. The normalized spacial score (nSPS) is 12.7. The molecule has 56 heavy (non-hydrogen) atoms. The summed E-state index contributed by atoms with van der Waals surface area (Å²) in [7, 11) is -8.72. The van der Waals surface area contributed by atoms with E-state index >= 15 is 0 Å². The van der Waals surface area contributed by atoms with Gasteiger partial charge in [-0.25, -0.2) is 24.4 Å². The number of esters is 2. The molecule has 3 atom stereocenters. The number of aromatic amines is 1. The van der Waals surface area contributed by atoms with E-state index in [1.807, 2.05) is 0 Å². The van der Waals surface area contributed by atoms with Crippen LogP contribution in [0.4, 0.5) is 11.6 Å². The summed E-state index contributed by atoms with van der Waals surface area (Å²) < 4.78 is 65.6. The Morgan fingerprint density at radius 2 is 1.39 bits per heavy atom. The van der Waals surface area contributed by atoms with Gasteiger partial charge in [0.25, 0.3) is 5.91 Å². The molecule has 2 aromatic heterocycles. The van der Waals surface area contributed by atoms with Gasteiger partial charge in [-0.15, -0.1) is 0 Å². The molecule has 2 unspecified atom stereocenters. The van der Waals surface area contributed by atoms with E-state index in [9.17, 15) is 45.6 Å². The summed E-state index contributed by atoms with van der Waals surface area (Å²) in [5.74, 6) is -7.65. The predicted octanol–water partition coefficient (Wildman–Crippen LogP) is -4.52. The number of H-pyrrole nitrogens is 1. The molecule has 9 N–H and O–H groups in total. The fraction of sp³-hybridized carbons (Fsp3) is 0.414. The third kappa shape index (κ3) is 16.3. The van der Waals surface area contributed by atoms with Crippen LogP contribution >= 0.6 is 0 Å². The zero-order valence-corrected chi connectivity index (χ0v) is 30.3. The van der Waals surface area contributed by atoms with Gasteiger partial charge < -0.3 is 50.7 Å². The number of hydrogen-bond donors (Lipinski definition) is 6. The Labute approximate surface area is 379 Å². The van der Waals surface area contributed by atoms with Gasteiger partial charge in [-0.05, 0) is 44.5 Å². The van der Waals surface area contributed by atoms with Crippen LogP contribution in [0.25, 0.3) is 11.2 Å². The van der Waals surface area contributed by atoms with Gasteiger partial charge in [-0.2, -0.15) is 21.8 Å². The van der Waals surface area contributed by atoms with E-state index in [0.717, 1.165) is 13.8 Å². The number of nitrogens with two attached hydrogens (primary N) is 3. The topological polar surface area (TPSA) is 364 Å². The third-order valence-electron chi connectivity index (χ3n) is 6.76. The van der Waals surface area contributed by atoms with Gasteiger partial charge in [0.05, 0.1) is 29.9 Å². The second-order valence-electron chi connectivity index (χ2n) is 11.1. The van der Waals surface area contributed by atoms with Crippen molar-refractivity contribution in [1.82, 2.24) is 25.3 Å².